The number of nitrogens with two attached hydrogens (primary N) is 1. The number of amides is 1. The van der Waals surface area contributed by atoms with Gasteiger partial charge in [0, 0.05) is 12.7 Å². The minimum absolute atomic E-state index is 0.0575. The normalized spacial score (nSPS) is 17.6. The van der Waals surface area contributed by atoms with Crippen molar-refractivity contribution < 1.29 is 14.3 Å². The Balaban J connectivity index is 2.34. The molecular weight excluding hydrogens is 297 g/mol. The van der Waals surface area contributed by atoms with E-state index in [2.05, 4.69) is 4.98 Å². The summed E-state index contributed by atoms with van der Waals surface area (Å²) in [5, 5.41) is 10.2. The molecule has 0 aliphatic carbocycles. The maximum Gasteiger partial charge on any atom is 0.252 e. The van der Waals surface area contributed by atoms with Gasteiger partial charge in [-0.25, -0.2) is 4.98 Å². The summed E-state index contributed by atoms with van der Waals surface area (Å²) in [6, 6.07) is 3.11. The van der Waals surface area contributed by atoms with Crippen LogP contribution in [0, 0.1) is 5.95 Å². The quantitative estimate of drug-likeness (QED) is 0.835. The monoisotopic (exact) mass is 309 g/mol. The zero-order chi connectivity index (χ0) is 15.1. The molecule has 0 spiro atoms. The molecule has 0 radical (unpaired) electrons. The molecule has 1 atom stereocenters. The lowest BCUT2D eigenvalue weighted by atomic mass is 10.0. The third-order valence-electron chi connectivity index (χ3n) is 3.68. The zero-order valence-electron chi connectivity index (χ0n) is 11.0. The van der Waals surface area contributed by atoms with Crippen molar-refractivity contribution in [3.05, 3.63) is 40.6 Å². The van der Waals surface area contributed by atoms with Crippen LogP contribution in [0.15, 0.2) is 18.3 Å². The molecule has 1 aliphatic rings. The second kappa shape index (κ2) is 5.13. The number of fused-ring (bicyclic) bond motifs is 1. The Morgan fingerprint density at radius 2 is 2.33 bits per heavy atom. The summed E-state index contributed by atoms with van der Waals surface area (Å²) in [5.74, 6) is -1.42. The number of hydrogen-bond acceptors (Lipinski definition) is 3. The predicted octanol–water partition coefficient (Wildman–Crippen LogP) is 2.27. The van der Waals surface area contributed by atoms with Crippen molar-refractivity contribution in [2.24, 2.45) is 5.73 Å². The summed E-state index contributed by atoms with van der Waals surface area (Å²) in [7, 11) is 0. The lowest BCUT2D eigenvalue weighted by Gasteiger charge is -2.23. The molecule has 1 aliphatic heterocycles. The molecule has 3 N–H and O–H groups in total. The SMILES string of the molecule is NC(=O)c1c(Cl)c(-c2cccnc2F)n2c1C(O)CCC2. The lowest BCUT2D eigenvalue weighted by Crippen LogP contribution is -2.20. The Hall–Kier alpha value is -1.92. The van der Waals surface area contributed by atoms with Gasteiger partial charge in [-0.05, 0) is 25.0 Å². The van der Waals surface area contributed by atoms with Gasteiger partial charge in [-0.1, -0.05) is 11.6 Å². The summed E-state index contributed by atoms with van der Waals surface area (Å²) >= 11 is 6.26. The van der Waals surface area contributed by atoms with Crippen LogP contribution < -0.4 is 5.73 Å². The van der Waals surface area contributed by atoms with Crippen molar-refractivity contribution in [3.8, 4) is 11.3 Å². The molecule has 2 aromatic rings. The molecule has 7 heteroatoms. The fraction of sp³-hybridized carbons (Fsp3) is 0.286. The van der Waals surface area contributed by atoms with E-state index in [-0.39, 0.29) is 16.1 Å². The molecule has 21 heavy (non-hydrogen) atoms. The average Bonchev–Trinajstić information content (AvgIpc) is 2.73. The Bertz CT molecular complexity index is 729. The van der Waals surface area contributed by atoms with E-state index < -0.39 is 18.0 Å². The third-order valence-corrected chi connectivity index (χ3v) is 4.05. The molecular formula is C14H13ClFN3O2. The highest BCUT2D eigenvalue weighted by Gasteiger charge is 2.32. The van der Waals surface area contributed by atoms with Gasteiger partial charge in [-0.2, -0.15) is 4.39 Å². The van der Waals surface area contributed by atoms with E-state index >= 15 is 0 Å². The van der Waals surface area contributed by atoms with Crippen LogP contribution in [0.1, 0.15) is 35.0 Å². The van der Waals surface area contributed by atoms with Crippen molar-refractivity contribution >= 4 is 17.5 Å². The number of pyridine rings is 1. The molecule has 0 fully saturated rings. The fourth-order valence-electron chi connectivity index (χ4n) is 2.82. The first-order chi connectivity index (χ1) is 10.0. The number of primary amides is 1. The van der Waals surface area contributed by atoms with Gasteiger partial charge in [0.05, 0.1) is 33.6 Å². The number of hydrogen-bond donors (Lipinski definition) is 2. The minimum atomic E-state index is -0.841. The number of aliphatic hydroxyl groups is 1. The highest BCUT2D eigenvalue weighted by molar-refractivity contribution is 6.36. The fourth-order valence-corrected chi connectivity index (χ4v) is 3.22. The van der Waals surface area contributed by atoms with Gasteiger partial charge in [-0.15, -0.1) is 0 Å². The van der Waals surface area contributed by atoms with Gasteiger partial charge in [0.15, 0.2) is 0 Å². The number of halogens is 2. The Morgan fingerprint density at radius 3 is 3.00 bits per heavy atom. The highest BCUT2D eigenvalue weighted by Crippen LogP contribution is 2.42. The van der Waals surface area contributed by atoms with Crippen LogP contribution in [0.25, 0.3) is 11.3 Å². The van der Waals surface area contributed by atoms with E-state index in [1.165, 1.54) is 12.3 Å². The topological polar surface area (TPSA) is 81.1 Å². The standard InChI is InChI=1S/C14H13ClFN3O2/c15-10-9(14(17)21)12-8(20)4-2-6-19(12)11(10)7-3-1-5-18-13(7)16/h1,3,5,8,20H,2,4,6H2,(H2,17,21). The second-order valence-corrected chi connectivity index (χ2v) is 5.32. The van der Waals surface area contributed by atoms with Crippen LogP contribution in [0.2, 0.25) is 5.02 Å². The highest BCUT2D eigenvalue weighted by atomic mass is 35.5. The number of carbonyl (C=O) groups is 1. The van der Waals surface area contributed by atoms with Crippen molar-refractivity contribution in [3.63, 3.8) is 0 Å². The van der Waals surface area contributed by atoms with E-state index in [1.807, 2.05) is 0 Å². The summed E-state index contributed by atoms with van der Waals surface area (Å²) in [4.78, 5) is 15.3. The molecule has 0 aromatic carbocycles. The molecule has 0 bridgehead atoms. The van der Waals surface area contributed by atoms with Crippen molar-refractivity contribution in [1.82, 2.24) is 9.55 Å². The molecule has 3 heterocycles. The van der Waals surface area contributed by atoms with E-state index in [0.717, 1.165) is 0 Å². The first-order valence-electron chi connectivity index (χ1n) is 6.53. The smallest absolute Gasteiger partial charge is 0.252 e. The van der Waals surface area contributed by atoms with Crippen molar-refractivity contribution in [1.29, 1.82) is 0 Å². The average molecular weight is 310 g/mol. The largest absolute Gasteiger partial charge is 0.387 e. The maximum atomic E-state index is 14.0. The zero-order valence-corrected chi connectivity index (χ0v) is 11.8. The Labute approximate surface area is 125 Å². The second-order valence-electron chi connectivity index (χ2n) is 4.94. The third kappa shape index (κ3) is 2.11. The molecule has 0 saturated heterocycles. The summed E-state index contributed by atoms with van der Waals surface area (Å²) in [6.07, 6.45) is 1.70. The van der Waals surface area contributed by atoms with Crippen LogP contribution in [0.5, 0.6) is 0 Å². The van der Waals surface area contributed by atoms with Gasteiger partial charge in [0.25, 0.3) is 5.91 Å². The van der Waals surface area contributed by atoms with Crippen LogP contribution in [0.3, 0.4) is 0 Å². The minimum Gasteiger partial charge on any atom is -0.387 e. The first-order valence-corrected chi connectivity index (χ1v) is 6.90. The molecule has 5 nitrogen and oxygen atoms in total. The van der Waals surface area contributed by atoms with Gasteiger partial charge in [0.2, 0.25) is 5.95 Å². The summed E-state index contributed by atoms with van der Waals surface area (Å²) < 4.78 is 15.6. The molecule has 3 rings (SSSR count). The van der Waals surface area contributed by atoms with Crippen LogP contribution in [0.4, 0.5) is 4.39 Å². The summed E-state index contributed by atoms with van der Waals surface area (Å²) in [6.45, 7) is 0.531. The molecule has 0 saturated carbocycles. The Morgan fingerprint density at radius 1 is 1.57 bits per heavy atom. The number of aromatic nitrogens is 2. The molecule has 2 aromatic heterocycles. The Kier molecular flexibility index (Phi) is 3.43. The van der Waals surface area contributed by atoms with Crippen LogP contribution in [-0.4, -0.2) is 20.6 Å². The van der Waals surface area contributed by atoms with Gasteiger partial charge < -0.3 is 15.4 Å². The molecule has 1 amide bonds. The van der Waals surface area contributed by atoms with Gasteiger partial charge in [-0.3, -0.25) is 4.79 Å². The lowest BCUT2D eigenvalue weighted by molar-refractivity contribution is 0.0983. The van der Waals surface area contributed by atoms with E-state index in [9.17, 15) is 14.3 Å². The first kappa shape index (κ1) is 14.0. The molecule has 110 valence electrons. The maximum absolute atomic E-state index is 14.0. The van der Waals surface area contributed by atoms with Gasteiger partial charge >= 0.3 is 0 Å². The number of carbonyl (C=O) groups excluding carboxylic acids is 1. The number of rotatable bonds is 2. The summed E-state index contributed by atoms with van der Waals surface area (Å²) in [5.41, 5.74) is 6.31. The van der Waals surface area contributed by atoms with Crippen LogP contribution >= 0.6 is 11.6 Å². The molecule has 1 unspecified atom stereocenters. The van der Waals surface area contributed by atoms with E-state index in [1.54, 1.807) is 10.6 Å². The number of nitrogens with zero attached hydrogens (tertiary/aromatic N) is 2. The van der Waals surface area contributed by atoms with E-state index in [0.29, 0.717) is 30.8 Å². The van der Waals surface area contributed by atoms with E-state index in [4.69, 9.17) is 17.3 Å². The van der Waals surface area contributed by atoms with Crippen molar-refractivity contribution in [2.45, 2.75) is 25.5 Å². The van der Waals surface area contributed by atoms with Crippen LogP contribution in [-0.2, 0) is 6.54 Å². The predicted molar refractivity (Wildman–Crippen MR) is 75.3 cm³/mol. The van der Waals surface area contributed by atoms with Crippen molar-refractivity contribution in [2.75, 3.05) is 0 Å². The number of aliphatic hydroxyl groups excluding tert-OH is 1. The van der Waals surface area contributed by atoms with Gasteiger partial charge in [0.1, 0.15) is 0 Å².